The molecule has 2 aromatic rings. The lowest BCUT2D eigenvalue weighted by molar-refractivity contribution is -0.115. The van der Waals surface area contributed by atoms with E-state index in [1.54, 1.807) is 43.1 Å². The predicted octanol–water partition coefficient (Wildman–Crippen LogP) is 3.19. The average Bonchev–Trinajstić information content (AvgIpc) is 2.56. The highest BCUT2D eigenvalue weighted by Crippen LogP contribution is 2.22. The molecular formula is C17H20N2O4S2. The van der Waals surface area contributed by atoms with Gasteiger partial charge in [-0.2, -0.15) is 0 Å². The Bertz CT molecular complexity index is 804. The van der Waals surface area contributed by atoms with Gasteiger partial charge >= 0.3 is 0 Å². The molecule has 6 nitrogen and oxygen atoms in total. The van der Waals surface area contributed by atoms with Crippen molar-refractivity contribution in [3.63, 3.8) is 0 Å². The lowest BCUT2D eigenvalue weighted by atomic mass is 10.3. The standard InChI is InChI=1S/C17H20N2O4S2/c1-23-15-7-9-16(10-8-15)24-12-11-17(20)18-13-3-5-14(6-4-13)19-25(2,21)22/h3-10,19H,11-12H2,1-2H3,(H,18,20). The summed E-state index contributed by atoms with van der Waals surface area (Å²) in [6, 6.07) is 14.2. The van der Waals surface area contributed by atoms with Crippen LogP contribution in [0.2, 0.25) is 0 Å². The number of thioether (sulfide) groups is 1. The molecule has 0 atom stereocenters. The minimum absolute atomic E-state index is 0.0927. The van der Waals surface area contributed by atoms with Crippen molar-refractivity contribution in [2.75, 3.05) is 29.2 Å². The van der Waals surface area contributed by atoms with Crippen LogP contribution in [0, 0.1) is 0 Å². The first-order valence-electron chi connectivity index (χ1n) is 7.50. The van der Waals surface area contributed by atoms with E-state index in [0.29, 0.717) is 23.5 Å². The van der Waals surface area contributed by atoms with Gasteiger partial charge in [0.15, 0.2) is 0 Å². The molecule has 2 N–H and O–H groups in total. The first-order chi connectivity index (χ1) is 11.9. The SMILES string of the molecule is COc1ccc(SCCC(=O)Nc2ccc(NS(C)(=O)=O)cc2)cc1. The van der Waals surface area contributed by atoms with Crippen molar-refractivity contribution in [2.24, 2.45) is 0 Å². The monoisotopic (exact) mass is 380 g/mol. The molecule has 0 aliphatic carbocycles. The fourth-order valence-corrected chi connectivity index (χ4v) is 3.41. The first kappa shape index (κ1) is 19.1. The third kappa shape index (κ3) is 7.06. The van der Waals surface area contributed by atoms with Crippen molar-refractivity contribution >= 4 is 39.1 Å². The number of benzene rings is 2. The second-order valence-corrected chi connectivity index (χ2v) is 8.19. The minimum Gasteiger partial charge on any atom is -0.497 e. The van der Waals surface area contributed by atoms with E-state index in [1.165, 1.54) is 0 Å². The van der Waals surface area contributed by atoms with Gasteiger partial charge in [0.25, 0.3) is 0 Å². The highest BCUT2D eigenvalue weighted by Gasteiger charge is 2.05. The first-order valence-corrected chi connectivity index (χ1v) is 10.4. The van der Waals surface area contributed by atoms with Gasteiger partial charge in [0.1, 0.15) is 5.75 Å². The Balaban J connectivity index is 1.77. The smallest absolute Gasteiger partial charge is 0.229 e. The summed E-state index contributed by atoms with van der Waals surface area (Å²) in [5, 5.41) is 2.79. The van der Waals surface area contributed by atoms with Crippen molar-refractivity contribution < 1.29 is 17.9 Å². The number of methoxy groups -OCH3 is 1. The largest absolute Gasteiger partial charge is 0.497 e. The molecule has 0 fully saturated rings. The highest BCUT2D eigenvalue weighted by molar-refractivity contribution is 7.99. The van der Waals surface area contributed by atoms with E-state index in [1.807, 2.05) is 24.3 Å². The Labute approximate surface area is 152 Å². The number of sulfonamides is 1. The van der Waals surface area contributed by atoms with E-state index in [2.05, 4.69) is 10.0 Å². The zero-order valence-electron chi connectivity index (χ0n) is 14.0. The van der Waals surface area contributed by atoms with Crippen LogP contribution in [-0.2, 0) is 14.8 Å². The zero-order valence-corrected chi connectivity index (χ0v) is 15.6. The Morgan fingerprint density at radius 3 is 2.20 bits per heavy atom. The summed E-state index contributed by atoms with van der Waals surface area (Å²) >= 11 is 1.59. The van der Waals surface area contributed by atoms with Gasteiger partial charge in [0.2, 0.25) is 15.9 Å². The molecule has 2 rings (SSSR count). The summed E-state index contributed by atoms with van der Waals surface area (Å²) in [7, 11) is -1.68. The van der Waals surface area contributed by atoms with Gasteiger partial charge in [0.05, 0.1) is 13.4 Å². The van der Waals surface area contributed by atoms with Crippen molar-refractivity contribution in [3.05, 3.63) is 48.5 Å². The molecule has 0 saturated heterocycles. The van der Waals surface area contributed by atoms with Crippen LogP contribution in [0.3, 0.4) is 0 Å². The van der Waals surface area contributed by atoms with E-state index < -0.39 is 10.0 Å². The molecule has 0 heterocycles. The number of hydrogen-bond donors (Lipinski definition) is 2. The second-order valence-electron chi connectivity index (χ2n) is 5.27. The lowest BCUT2D eigenvalue weighted by Crippen LogP contribution is -2.12. The molecule has 2 aromatic carbocycles. The van der Waals surface area contributed by atoms with Crippen LogP contribution >= 0.6 is 11.8 Å². The second kappa shape index (κ2) is 8.77. The highest BCUT2D eigenvalue weighted by atomic mass is 32.2. The van der Waals surface area contributed by atoms with E-state index in [0.717, 1.165) is 16.9 Å². The van der Waals surface area contributed by atoms with Crippen LogP contribution < -0.4 is 14.8 Å². The Kier molecular flexibility index (Phi) is 6.72. The Morgan fingerprint density at radius 2 is 1.64 bits per heavy atom. The number of amides is 1. The normalized spacial score (nSPS) is 11.0. The van der Waals surface area contributed by atoms with E-state index in [4.69, 9.17) is 4.74 Å². The topological polar surface area (TPSA) is 84.5 Å². The van der Waals surface area contributed by atoms with Gasteiger partial charge in [-0.3, -0.25) is 9.52 Å². The van der Waals surface area contributed by atoms with E-state index >= 15 is 0 Å². The lowest BCUT2D eigenvalue weighted by Gasteiger charge is -2.08. The van der Waals surface area contributed by atoms with Crippen molar-refractivity contribution in [3.8, 4) is 5.75 Å². The molecule has 1 amide bonds. The fourth-order valence-electron chi connectivity index (χ4n) is 1.99. The van der Waals surface area contributed by atoms with Crippen LogP contribution in [0.4, 0.5) is 11.4 Å². The zero-order chi connectivity index (χ0) is 18.3. The maximum absolute atomic E-state index is 12.0. The third-order valence-corrected chi connectivity index (χ3v) is 4.75. The van der Waals surface area contributed by atoms with Gasteiger partial charge in [-0.15, -0.1) is 11.8 Å². The summed E-state index contributed by atoms with van der Waals surface area (Å²) < 4.78 is 29.8. The molecule has 0 unspecified atom stereocenters. The molecule has 0 bridgehead atoms. The molecule has 0 aliphatic rings. The molecule has 25 heavy (non-hydrogen) atoms. The van der Waals surface area contributed by atoms with Crippen molar-refractivity contribution in [1.29, 1.82) is 0 Å². The maximum atomic E-state index is 12.0. The summed E-state index contributed by atoms with van der Waals surface area (Å²) in [6.07, 6.45) is 1.46. The fraction of sp³-hybridized carbons (Fsp3) is 0.235. The van der Waals surface area contributed by atoms with Gasteiger partial charge in [-0.05, 0) is 48.5 Å². The number of carbonyl (C=O) groups excluding carboxylic acids is 1. The molecule has 134 valence electrons. The quantitative estimate of drug-likeness (QED) is 0.687. The number of carbonyl (C=O) groups is 1. The summed E-state index contributed by atoms with van der Waals surface area (Å²) in [5.74, 6) is 1.37. The average molecular weight is 380 g/mol. The molecule has 0 aromatic heterocycles. The summed E-state index contributed by atoms with van der Waals surface area (Å²) in [4.78, 5) is 13.0. The van der Waals surface area contributed by atoms with Crippen LogP contribution in [0.1, 0.15) is 6.42 Å². The third-order valence-electron chi connectivity index (χ3n) is 3.13. The molecule has 0 aliphatic heterocycles. The number of rotatable bonds is 8. The van der Waals surface area contributed by atoms with Crippen LogP contribution in [-0.4, -0.2) is 33.4 Å². The van der Waals surface area contributed by atoms with Crippen LogP contribution in [0.25, 0.3) is 0 Å². The van der Waals surface area contributed by atoms with Gasteiger partial charge < -0.3 is 10.1 Å². The number of ether oxygens (including phenoxy) is 1. The number of anilines is 2. The van der Waals surface area contributed by atoms with Crippen molar-refractivity contribution in [1.82, 2.24) is 0 Å². The van der Waals surface area contributed by atoms with Gasteiger partial charge in [-0.1, -0.05) is 0 Å². The van der Waals surface area contributed by atoms with Crippen LogP contribution in [0.15, 0.2) is 53.4 Å². The molecule has 0 saturated carbocycles. The van der Waals surface area contributed by atoms with E-state index in [9.17, 15) is 13.2 Å². The molecule has 0 radical (unpaired) electrons. The number of nitrogens with one attached hydrogen (secondary N) is 2. The van der Waals surface area contributed by atoms with Crippen LogP contribution in [0.5, 0.6) is 5.75 Å². The molecule has 0 spiro atoms. The Morgan fingerprint density at radius 1 is 1.04 bits per heavy atom. The van der Waals surface area contributed by atoms with Gasteiger partial charge in [-0.25, -0.2) is 8.42 Å². The summed E-state index contributed by atoms with van der Waals surface area (Å²) in [5.41, 5.74) is 1.08. The number of hydrogen-bond acceptors (Lipinski definition) is 5. The summed E-state index contributed by atoms with van der Waals surface area (Å²) in [6.45, 7) is 0. The minimum atomic E-state index is -3.30. The molecular weight excluding hydrogens is 360 g/mol. The van der Waals surface area contributed by atoms with Gasteiger partial charge in [0, 0.05) is 28.4 Å². The Hall–Kier alpha value is -2.19. The van der Waals surface area contributed by atoms with Crippen molar-refractivity contribution in [2.45, 2.75) is 11.3 Å². The maximum Gasteiger partial charge on any atom is 0.229 e. The molecule has 8 heteroatoms. The van der Waals surface area contributed by atoms with E-state index in [-0.39, 0.29) is 5.91 Å². The predicted molar refractivity (Wildman–Crippen MR) is 102 cm³/mol.